The van der Waals surface area contributed by atoms with Gasteiger partial charge in [0.05, 0.1) is 0 Å². The van der Waals surface area contributed by atoms with Crippen LogP contribution in [-0.4, -0.2) is 17.0 Å². The Bertz CT molecular complexity index is 539. The molecule has 0 aliphatic heterocycles. The van der Waals surface area contributed by atoms with Gasteiger partial charge in [0.1, 0.15) is 22.1 Å². The van der Waals surface area contributed by atoms with Crippen LogP contribution in [0.15, 0.2) is 34.9 Å². The first-order valence-electron chi connectivity index (χ1n) is 5.52. The van der Waals surface area contributed by atoms with Crippen molar-refractivity contribution >= 4 is 21.7 Å². The molecule has 3 nitrogen and oxygen atoms in total. The van der Waals surface area contributed by atoms with Crippen molar-refractivity contribution in [2.24, 2.45) is 0 Å². The minimum Gasteiger partial charge on any atom is -0.355 e. The van der Waals surface area contributed by atoms with E-state index in [9.17, 15) is 4.39 Å². The molecule has 0 spiro atoms. The third-order valence-electron chi connectivity index (χ3n) is 2.55. The Labute approximate surface area is 114 Å². The molecule has 5 heteroatoms. The largest absolute Gasteiger partial charge is 0.355 e. The molecule has 0 bridgehead atoms. The van der Waals surface area contributed by atoms with Gasteiger partial charge in [0.15, 0.2) is 0 Å². The fraction of sp³-hybridized carbons (Fsp3) is 0.231. The molecular formula is C13H13BrFN3. The normalized spacial score (nSPS) is 10.4. The summed E-state index contributed by atoms with van der Waals surface area (Å²) < 4.78 is 14.3. The Kier molecular flexibility index (Phi) is 3.91. The van der Waals surface area contributed by atoms with Crippen LogP contribution >= 0.6 is 15.9 Å². The molecule has 18 heavy (non-hydrogen) atoms. The Balaban J connectivity index is 2.22. The molecule has 1 heterocycles. The number of benzene rings is 1. The summed E-state index contributed by atoms with van der Waals surface area (Å²) in [7, 11) is 1.88. The maximum absolute atomic E-state index is 13.6. The molecule has 2 rings (SSSR count). The first-order valence-corrected chi connectivity index (χ1v) is 6.31. The summed E-state index contributed by atoms with van der Waals surface area (Å²) in [4.78, 5) is 10.4. The zero-order valence-electron chi connectivity index (χ0n) is 10.2. The van der Waals surface area contributed by atoms with E-state index in [1.807, 2.05) is 31.0 Å². The Morgan fingerprint density at radius 2 is 2.00 bits per heavy atom. The average molecular weight is 310 g/mol. The lowest BCUT2D eigenvalue weighted by atomic mass is 10.2. The van der Waals surface area contributed by atoms with Crippen LogP contribution in [0.2, 0.25) is 0 Å². The van der Waals surface area contributed by atoms with E-state index < -0.39 is 0 Å². The van der Waals surface area contributed by atoms with Gasteiger partial charge in [-0.3, -0.25) is 0 Å². The summed E-state index contributed by atoms with van der Waals surface area (Å²) in [5.41, 5.74) is 0.646. The van der Waals surface area contributed by atoms with Gasteiger partial charge in [-0.2, -0.15) is 0 Å². The molecule has 1 aromatic carbocycles. The number of anilines is 1. The van der Waals surface area contributed by atoms with Crippen LogP contribution in [0.25, 0.3) is 0 Å². The van der Waals surface area contributed by atoms with E-state index in [4.69, 9.17) is 0 Å². The van der Waals surface area contributed by atoms with Crippen molar-refractivity contribution in [2.45, 2.75) is 13.5 Å². The lowest BCUT2D eigenvalue weighted by Gasteiger charge is -2.19. The standard InChI is InChI=1S/C13H13BrFN3/c1-9-16-12(14)7-13(17-9)18(2)8-10-5-3-4-6-11(10)15/h3-7H,8H2,1-2H3. The Morgan fingerprint density at radius 1 is 1.28 bits per heavy atom. The fourth-order valence-corrected chi connectivity index (χ4v) is 2.14. The van der Waals surface area contributed by atoms with Crippen molar-refractivity contribution in [1.29, 1.82) is 0 Å². The number of nitrogens with zero attached hydrogens (tertiary/aromatic N) is 3. The Morgan fingerprint density at radius 3 is 2.67 bits per heavy atom. The summed E-state index contributed by atoms with van der Waals surface area (Å²) >= 11 is 3.33. The molecule has 0 saturated heterocycles. The van der Waals surface area contributed by atoms with Crippen molar-refractivity contribution in [3.8, 4) is 0 Å². The Hall–Kier alpha value is -1.49. The molecule has 0 N–H and O–H groups in total. The van der Waals surface area contributed by atoms with Crippen LogP contribution in [0.3, 0.4) is 0 Å². The highest BCUT2D eigenvalue weighted by molar-refractivity contribution is 9.10. The molecule has 94 valence electrons. The topological polar surface area (TPSA) is 29.0 Å². The lowest BCUT2D eigenvalue weighted by Crippen LogP contribution is -2.19. The van der Waals surface area contributed by atoms with Crippen molar-refractivity contribution < 1.29 is 4.39 Å². The molecule has 0 amide bonds. The quantitative estimate of drug-likeness (QED) is 0.814. The van der Waals surface area contributed by atoms with Crippen LogP contribution in [0.4, 0.5) is 10.2 Å². The van der Waals surface area contributed by atoms with Crippen LogP contribution in [0.5, 0.6) is 0 Å². The minimum atomic E-state index is -0.200. The van der Waals surface area contributed by atoms with E-state index in [1.165, 1.54) is 6.07 Å². The number of aromatic nitrogens is 2. The van der Waals surface area contributed by atoms with Gasteiger partial charge in [0.25, 0.3) is 0 Å². The van der Waals surface area contributed by atoms with Gasteiger partial charge < -0.3 is 4.90 Å². The third kappa shape index (κ3) is 3.04. The number of hydrogen-bond donors (Lipinski definition) is 0. The predicted molar refractivity (Wildman–Crippen MR) is 73.0 cm³/mol. The SMILES string of the molecule is Cc1nc(Br)cc(N(C)Cc2ccccc2F)n1. The molecular weight excluding hydrogens is 297 g/mol. The first-order chi connectivity index (χ1) is 8.56. The maximum Gasteiger partial charge on any atom is 0.133 e. The molecule has 0 unspecified atom stereocenters. The van der Waals surface area contributed by atoms with Crippen LogP contribution in [-0.2, 0) is 6.54 Å². The van der Waals surface area contributed by atoms with Crippen molar-refractivity contribution in [3.63, 3.8) is 0 Å². The first kappa shape index (κ1) is 13.0. The molecule has 0 aliphatic rings. The summed E-state index contributed by atoms with van der Waals surface area (Å²) in [6, 6.07) is 8.56. The minimum absolute atomic E-state index is 0.200. The molecule has 0 aliphatic carbocycles. The molecule has 2 aromatic rings. The van der Waals surface area contributed by atoms with E-state index in [0.29, 0.717) is 17.9 Å². The predicted octanol–water partition coefficient (Wildman–Crippen LogP) is 3.32. The molecule has 0 atom stereocenters. The van der Waals surface area contributed by atoms with Gasteiger partial charge in [0.2, 0.25) is 0 Å². The average Bonchev–Trinajstić information content (AvgIpc) is 2.31. The highest BCUT2D eigenvalue weighted by Crippen LogP contribution is 2.18. The third-order valence-corrected chi connectivity index (χ3v) is 2.96. The number of hydrogen-bond acceptors (Lipinski definition) is 3. The van der Waals surface area contributed by atoms with Gasteiger partial charge in [-0.25, -0.2) is 14.4 Å². The summed E-state index contributed by atoms with van der Waals surface area (Å²) in [6.07, 6.45) is 0. The monoisotopic (exact) mass is 309 g/mol. The van der Waals surface area contributed by atoms with Crippen molar-refractivity contribution in [1.82, 2.24) is 9.97 Å². The second-order valence-corrected chi connectivity index (χ2v) is 4.86. The highest BCUT2D eigenvalue weighted by Gasteiger charge is 2.08. The van der Waals surface area contributed by atoms with Crippen molar-refractivity contribution in [3.05, 3.63) is 52.1 Å². The van der Waals surface area contributed by atoms with Gasteiger partial charge in [0, 0.05) is 25.2 Å². The van der Waals surface area contributed by atoms with E-state index in [-0.39, 0.29) is 5.82 Å². The van der Waals surface area contributed by atoms with Crippen molar-refractivity contribution in [2.75, 3.05) is 11.9 Å². The second-order valence-electron chi connectivity index (χ2n) is 4.04. The number of halogens is 2. The van der Waals surface area contributed by atoms with E-state index in [0.717, 1.165) is 10.4 Å². The second kappa shape index (κ2) is 5.44. The summed E-state index contributed by atoms with van der Waals surface area (Å²) in [5.74, 6) is 1.24. The molecule has 1 aromatic heterocycles. The smallest absolute Gasteiger partial charge is 0.133 e. The lowest BCUT2D eigenvalue weighted by molar-refractivity contribution is 0.607. The maximum atomic E-state index is 13.6. The highest BCUT2D eigenvalue weighted by atomic mass is 79.9. The summed E-state index contributed by atoms with van der Waals surface area (Å²) in [6.45, 7) is 2.29. The van der Waals surface area contributed by atoms with E-state index >= 15 is 0 Å². The zero-order valence-corrected chi connectivity index (χ0v) is 11.8. The van der Waals surface area contributed by atoms with Gasteiger partial charge in [-0.05, 0) is 28.9 Å². The molecule has 0 saturated carbocycles. The fourth-order valence-electron chi connectivity index (χ4n) is 1.68. The van der Waals surface area contributed by atoms with Gasteiger partial charge >= 0.3 is 0 Å². The van der Waals surface area contributed by atoms with Gasteiger partial charge in [-0.1, -0.05) is 18.2 Å². The van der Waals surface area contributed by atoms with Crippen LogP contribution < -0.4 is 4.90 Å². The number of rotatable bonds is 3. The number of aryl methyl sites for hydroxylation is 1. The van der Waals surface area contributed by atoms with E-state index in [1.54, 1.807) is 12.1 Å². The zero-order chi connectivity index (χ0) is 13.1. The van der Waals surface area contributed by atoms with Gasteiger partial charge in [-0.15, -0.1) is 0 Å². The molecule has 0 fully saturated rings. The van der Waals surface area contributed by atoms with Crippen LogP contribution in [0, 0.1) is 12.7 Å². The molecule has 0 radical (unpaired) electrons. The van der Waals surface area contributed by atoms with E-state index in [2.05, 4.69) is 25.9 Å². The van der Waals surface area contributed by atoms with Crippen LogP contribution in [0.1, 0.15) is 11.4 Å². The summed E-state index contributed by atoms with van der Waals surface area (Å²) in [5, 5.41) is 0.